The molecule has 1 aromatic carbocycles. The van der Waals surface area contributed by atoms with Gasteiger partial charge < -0.3 is 5.32 Å². The minimum Gasteiger partial charge on any atom is -0.322 e. The molecular formula is C17H23NO3S. The smallest absolute Gasteiger partial charge is 0.251 e. The maximum atomic E-state index is 12.1. The third-order valence-corrected chi connectivity index (χ3v) is 5.14. The Balaban J connectivity index is 1.92. The summed E-state index contributed by atoms with van der Waals surface area (Å²) >= 11 is 0. The van der Waals surface area contributed by atoms with Crippen molar-refractivity contribution >= 4 is 21.4 Å². The zero-order valence-electron chi connectivity index (χ0n) is 13.3. The van der Waals surface area contributed by atoms with Crippen molar-refractivity contribution in [2.45, 2.75) is 33.1 Å². The Bertz CT molecular complexity index is 689. The van der Waals surface area contributed by atoms with E-state index in [0.717, 1.165) is 29.7 Å². The van der Waals surface area contributed by atoms with Gasteiger partial charge in [0.2, 0.25) is 0 Å². The molecule has 120 valence electrons. The van der Waals surface area contributed by atoms with Crippen LogP contribution in [0.15, 0.2) is 35.9 Å². The molecule has 0 saturated carbocycles. The molecule has 2 rings (SSSR count). The molecule has 0 aliphatic heterocycles. The number of carbonyl (C=O) groups is 1. The number of carbonyl (C=O) groups excluding carboxylic acids is 1. The second-order valence-electron chi connectivity index (χ2n) is 6.38. The summed E-state index contributed by atoms with van der Waals surface area (Å²) in [5.41, 5.74) is 2.69. The zero-order chi connectivity index (χ0) is 16.4. The summed E-state index contributed by atoms with van der Waals surface area (Å²) in [4.78, 5) is 12.1. The van der Waals surface area contributed by atoms with Gasteiger partial charge in [-0.05, 0) is 42.4 Å². The number of allylic oxidation sites excluding steroid dienone is 1. The van der Waals surface area contributed by atoms with E-state index in [1.54, 1.807) is 0 Å². The molecule has 1 aromatic rings. The van der Waals surface area contributed by atoms with Crippen LogP contribution in [-0.4, -0.2) is 26.3 Å². The highest BCUT2D eigenvalue weighted by atomic mass is 32.2. The van der Waals surface area contributed by atoms with Gasteiger partial charge >= 0.3 is 0 Å². The fourth-order valence-electron chi connectivity index (χ4n) is 2.47. The van der Waals surface area contributed by atoms with Crippen molar-refractivity contribution in [1.29, 1.82) is 0 Å². The number of rotatable bonds is 6. The first-order chi connectivity index (χ1) is 10.2. The van der Waals surface area contributed by atoms with Gasteiger partial charge in [0.05, 0.1) is 5.75 Å². The first kappa shape index (κ1) is 16.7. The summed E-state index contributed by atoms with van der Waals surface area (Å²) in [6.45, 7) is 4.28. The number of hydrogen-bond donors (Lipinski definition) is 1. The monoisotopic (exact) mass is 321 g/mol. The molecule has 0 aromatic heterocycles. The van der Waals surface area contributed by atoms with Crippen molar-refractivity contribution in [3.63, 3.8) is 0 Å². The normalized spacial score (nSPS) is 21.0. The molecule has 1 amide bonds. The maximum absolute atomic E-state index is 12.1. The molecule has 0 spiro atoms. The quantitative estimate of drug-likeness (QED) is 0.876. The Labute approximate surface area is 132 Å². The number of nitrogens with one attached hydrogen (secondary N) is 1. The second-order valence-corrected chi connectivity index (χ2v) is 8.64. The van der Waals surface area contributed by atoms with Crippen LogP contribution in [0.25, 0.3) is 0 Å². The Morgan fingerprint density at radius 1 is 1.27 bits per heavy atom. The Morgan fingerprint density at radius 2 is 1.86 bits per heavy atom. The third kappa shape index (κ3) is 4.44. The standard InChI is InChI=1S/C17H23NO3S/c1-4-17(2)11-14(12-17)16(19)18-15-7-5-13(6-8-15)9-10-22(3,20)21/h5-8,11H,4,9-10,12H2,1-3H3,(H,18,19). The highest BCUT2D eigenvalue weighted by Crippen LogP contribution is 2.41. The third-order valence-electron chi connectivity index (χ3n) is 4.19. The number of sulfone groups is 1. The van der Waals surface area contributed by atoms with Crippen LogP contribution in [0.4, 0.5) is 5.69 Å². The van der Waals surface area contributed by atoms with Gasteiger partial charge in [-0.15, -0.1) is 0 Å². The lowest BCUT2D eigenvalue weighted by molar-refractivity contribution is -0.113. The van der Waals surface area contributed by atoms with Crippen molar-refractivity contribution < 1.29 is 13.2 Å². The first-order valence-corrected chi connectivity index (χ1v) is 9.56. The largest absolute Gasteiger partial charge is 0.322 e. The van der Waals surface area contributed by atoms with E-state index in [-0.39, 0.29) is 17.1 Å². The Morgan fingerprint density at radius 3 is 2.36 bits per heavy atom. The number of benzene rings is 1. The first-order valence-electron chi connectivity index (χ1n) is 7.50. The van der Waals surface area contributed by atoms with Gasteiger partial charge in [0.15, 0.2) is 0 Å². The average Bonchev–Trinajstić information content (AvgIpc) is 2.42. The van der Waals surface area contributed by atoms with Crippen molar-refractivity contribution in [2.75, 3.05) is 17.3 Å². The van der Waals surface area contributed by atoms with Crippen LogP contribution in [0.3, 0.4) is 0 Å². The van der Waals surface area contributed by atoms with Crippen LogP contribution in [0.2, 0.25) is 0 Å². The summed E-state index contributed by atoms with van der Waals surface area (Å²) < 4.78 is 22.3. The molecule has 1 unspecified atom stereocenters. The lowest BCUT2D eigenvalue weighted by Gasteiger charge is -2.34. The van der Waals surface area contributed by atoms with E-state index in [1.807, 2.05) is 30.3 Å². The molecule has 1 N–H and O–H groups in total. The Kier molecular flexibility index (Phi) is 4.75. The van der Waals surface area contributed by atoms with E-state index in [1.165, 1.54) is 6.26 Å². The summed E-state index contributed by atoms with van der Waals surface area (Å²) in [6.07, 6.45) is 5.63. The number of anilines is 1. The topological polar surface area (TPSA) is 63.2 Å². The molecule has 1 aliphatic carbocycles. The number of hydrogen-bond acceptors (Lipinski definition) is 3. The summed E-state index contributed by atoms with van der Waals surface area (Å²) in [6, 6.07) is 7.33. The molecule has 0 radical (unpaired) electrons. The van der Waals surface area contributed by atoms with E-state index >= 15 is 0 Å². The minimum atomic E-state index is -2.95. The van der Waals surface area contributed by atoms with Gasteiger partial charge in [-0.1, -0.05) is 32.1 Å². The highest BCUT2D eigenvalue weighted by Gasteiger charge is 2.33. The van der Waals surface area contributed by atoms with E-state index in [4.69, 9.17) is 0 Å². The van der Waals surface area contributed by atoms with Crippen LogP contribution in [-0.2, 0) is 21.1 Å². The minimum absolute atomic E-state index is 0.0465. The molecule has 5 heteroatoms. The van der Waals surface area contributed by atoms with Crippen molar-refractivity contribution in [2.24, 2.45) is 5.41 Å². The molecule has 0 bridgehead atoms. The SMILES string of the molecule is CCC1(C)C=C(C(=O)Nc2ccc(CCS(C)(=O)=O)cc2)C1. The molecule has 1 aliphatic rings. The molecular weight excluding hydrogens is 298 g/mol. The van der Waals surface area contributed by atoms with Crippen LogP contribution in [0.1, 0.15) is 32.3 Å². The molecule has 0 fully saturated rings. The lowest BCUT2D eigenvalue weighted by atomic mass is 9.70. The van der Waals surface area contributed by atoms with Gasteiger partial charge in [0.25, 0.3) is 5.91 Å². The number of aryl methyl sites for hydroxylation is 1. The fourth-order valence-corrected chi connectivity index (χ4v) is 3.08. The van der Waals surface area contributed by atoms with Crippen molar-refractivity contribution in [1.82, 2.24) is 0 Å². The predicted molar refractivity (Wildman–Crippen MR) is 89.6 cm³/mol. The predicted octanol–water partition coefficient (Wildman–Crippen LogP) is 2.96. The van der Waals surface area contributed by atoms with E-state index < -0.39 is 9.84 Å². The van der Waals surface area contributed by atoms with Crippen LogP contribution in [0.5, 0.6) is 0 Å². The van der Waals surface area contributed by atoms with E-state index in [9.17, 15) is 13.2 Å². The van der Waals surface area contributed by atoms with Gasteiger partial charge in [-0.2, -0.15) is 0 Å². The summed E-state index contributed by atoms with van der Waals surface area (Å²) in [5, 5.41) is 2.88. The van der Waals surface area contributed by atoms with Gasteiger partial charge in [-0.3, -0.25) is 4.79 Å². The summed E-state index contributed by atoms with van der Waals surface area (Å²) in [7, 11) is -2.95. The van der Waals surface area contributed by atoms with Crippen LogP contribution in [0, 0.1) is 5.41 Å². The number of amides is 1. The van der Waals surface area contributed by atoms with Crippen LogP contribution < -0.4 is 5.32 Å². The molecule has 0 heterocycles. The van der Waals surface area contributed by atoms with Crippen LogP contribution >= 0.6 is 0 Å². The Hall–Kier alpha value is -1.62. The zero-order valence-corrected chi connectivity index (χ0v) is 14.2. The molecule has 22 heavy (non-hydrogen) atoms. The second kappa shape index (κ2) is 6.24. The molecule has 1 atom stereocenters. The molecule has 4 nitrogen and oxygen atoms in total. The van der Waals surface area contributed by atoms with E-state index in [2.05, 4.69) is 19.2 Å². The van der Waals surface area contributed by atoms with Gasteiger partial charge in [0, 0.05) is 17.5 Å². The van der Waals surface area contributed by atoms with Gasteiger partial charge in [0.1, 0.15) is 9.84 Å². The van der Waals surface area contributed by atoms with E-state index in [0.29, 0.717) is 6.42 Å². The highest BCUT2D eigenvalue weighted by molar-refractivity contribution is 7.90. The van der Waals surface area contributed by atoms with Gasteiger partial charge in [-0.25, -0.2) is 8.42 Å². The maximum Gasteiger partial charge on any atom is 0.251 e. The fraction of sp³-hybridized carbons (Fsp3) is 0.471. The lowest BCUT2D eigenvalue weighted by Crippen LogP contribution is -2.29. The average molecular weight is 321 g/mol. The van der Waals surface area contributed by atoms with Crippen molar-refractivity contribution in [3.8, 4) is 0 Å². The summed E-state index contributed by atoms with van der Waals surface area (Å²) in [5.74, 6) is 0.0936. The molecule has 0 saturated heterocycles. The van der Waals surface area contributed by atoms with Crippen molar-refractivity contribution in [3.05, 3.63) is 41.5 Å².